The summed E-state index contributed by atoms with van der Waals surface area (Å²) in [6.07, 6.45) is 0. The molecular weight excluding hydrogens is 360 g/mol. The fourth-order valence-corrected chi connectivity index (χ4v) is 3.44. The summed E-state index contributed by atoms with van der Waals surface area (Å²) in [5, 5.41) is 2.23. The first-order chi connectivity index (χ1) is 12.4. The third-order valence-electron chi connectivity index (χ3n) is 3.64. The molecule has 0 saturated heterocycles. The molecule has 0 aliphatic carbocycles. The number of nitrogens with zero attached hydrogens (tertiary/aromatic N) is 2. The summed E-state index contributed by atoms with van der Waals surface area (Å²) in [7, 11) is -1.57. The van der Waals surface area contributed by atoms with Crippen LogP contribution in [0.2, 0.25) is 0 Å². The summed E-state index contributed by atoms with van der Waals surface area (Å²) >= 11 is 0. The van der Waals surface area contributed by atoms with E-state index in [4.69, 9.17) is 0 Å². The van der Waals surface area contributed by atoms with E-state index in [0.29, 0.717) is 16.9 Å². The molecule has 8 heteroatoms. The fourth-order valence-electron chi connectivity index (χ4n) is 2.39. The van der Waals surface area contributed by atoms with Crippen LogP contribution in [-0.4, -0.2) is 25.8 Å². The smallest absolute Gasteiger partial charge is 0.237 e. The molecule has 0 radical (unpaired) electrons. The van der Waals surface area contributed by atoms with Crippen LogP contribution in [0.15, 0.2) is 42.5 Å². The second-order valence-corrected chi connectivity index (χ2v) is 7.10. The standard InChI is InChI=1S/C18H15F2N3O2S/c1-11-17(22-15-5-3-2-4-14(15)21-11)9-26(25)10-18(24)23-16-8-12(19)6-7-13(16)20/h2-8H,9-10H2,1H3,(H,23,24). The molecule has 1 N–H and O–H groups in total. The first-order valence-corrected chi connectivity index (χ1v) is 9.23. The number of aryl methyl sites for hydroxylation is 1. The summed E-state index contributed by atoms with van der Waals surface area (Å²) in [6.45, 7) is 1.76. The minimum Gasteiger partial charge on any atom is -0.323 e. The molecule has 0 aliphatic heterocycles. The lowest BCUT2D eigenvalue weighted by atomic mass is 10.2. The molecule has 3 rings (SSSR count). The van der Waals surface area contributed by atoms with Gasteiger partial charge in [0.25, 0.3) is 0 Å². The van der Waals surface area contributed by atoms with E-state index in [2.05, 4.69) is 15.3 Å². The quantitative estimate of drug-likeness (QED) is 0.744. The molecule has 1 aromatic heterocycles. The van der Waals surface area contributed by atoms with Gasteiger partial charge in [-0.15, -0.1) is 0 Å². The van der Waals surface area contributed by atoms with Gasteiger partial charge in [-0.25, -0.2) is 18.7 Å². The summed E-state index contributed by atoms with van der Waals surface area (Å²) in [5.74, 6) is -2.42. The Kier molecular flexibility index (Phi) is 5.32. The number of aromatic nitrogens is 2. The van der Waals surface area contributed by atoms with Crippen LogP contribution in [-0.2, 0) is 21.3 Å². The highest BCUT2D eigenvalue weighted by Gasteiger charge is 2.14. The predicted octanol–water partition coefficient (Wildman–Crippen LogP) is 3.10. The highest BCUT2D eigenvalue weighted by atomic mass is 32.2. The molecule has 1 heterocycles. The van der Waals surface area contributed by atoms with E-state index >= 15 is 0 Å². The Morgan fingerprint density at radius 3 is 2.54 bits per heavy atom. The lowest BCUT2D eigenvalue weighted by molar-refractivity contribution is -0.113. The Labute approximate surface area is 150 Å². The number of hydrogen-bond acceptors (Lipinski definition) is 4. The van der Waals surface area contributed by atoms with Crippen LogP contribution < -0.4 is 5.32 Å². The van der Waals surface area contributed by atoms with Crippen molar-refractivity contribution in [2.24, 2.45) is 0 Å². The maximum Gasteiger partial charge on any atom is 0.237 e. The Balaban J connectivity index is 1.68. The number of carbonyl (C=O) groups excluding carboxylic acids is 1. The molecule has 1 atom stereocenters. The van der Waals surface area contributed by atoms with Crippen molar-refractivity contribution in [2.45, 2.75) is 12.7 Å². The second kappa shape index (κ2) is 7.65. The number of carbonyl (C=O) groups is 1. The number of benzene rings is 2. The summed E-state index contributed by atoms with van der Waals surface area (Å²) in [6, 6.07) is 10.0. The van der Waals surface area contributed by atoms with Gasteiger partial charge in [0, 0.05) is 16.9 Å². The molecule has 1 unspecified atom stereocenters. The number of amides is 1. The molecule has 0 aliphatic rings. The van der Waals surface area contributed by atoms with E-state index < -0.39 is 28.3 Å². The number of para-hydroxylation sites is 2. The number of anilines is 1. The molecule has 0 saturated carbocycles. The number of rotatable bonds is 5. The van der Waals surface area contributed by atoms with E-state index in [9.17, 15) is 17.8 Å². The Morgan fingerprint density at radius 2 is 1.81 bits per heavy atom. The molecule has 1 amide bonds. The number of nitrogens with one attached hydrogen (secondary N) is 1. The average molecular weight is 375 g/mol. The molecule has 5 nitrogen and oxygen atoms in total. The Bertz CT molecular complexity index is 1010. The van der Waals surface area contributed by atoms with Crippen molar-refractivity contribution < 1.29 is 17.8 Å². The highest BCUT2D eigenvalue weighted by Crippen LogP contribution is 2.16. The average Bonchev–Trinajstić information content (AvgIpc) is 2.58. The molecule has 26 heavy (non-hydrogen) atoms. The van der Waals surface area contributed by atoms with Crippen molar-refractivity contribution in [3.05, 3.63) is 65.5 Å². The van der Waals surface area contributed by atoms with Gasteiger partial charge in [-0.1, -0.05) is 12.1 Å². The third kappa shape index (κ3) is 4.26. The zero-order valence-corrected chi connectivity index (χ0v) is 14.6. The van der Waals surface area contributed by atoms with Crippen LogP contribution in [0.1, 0.15) is 11.4 Å². The van der Waals surface area contributed by atoms with Crippen LogP contribution in [0.3, 0.4) is 0 Å². The van der Waals surface area contributed by atoms with Crippen molar-refractivity contribution in [1.29, 1.82) is 0 Å². The van der Waals surface area contributed by atoms with Gasteiger partial charge in [0.15, 0.2) is 0 Å². The van der Waals surface area contributed by atoms with Crippen molar-refractivity contribution in [3.63, 3.8) is 0 Å². The summed E-state index contributed by atoms with van der Waals surface area (Å²) < 4.78 is 38.9. The third-order valence-corrected chi connectivity index (χ3v) is 4.81. The lowest BCUT2D eigenvalue weighted by Gasteiger charge is -2.08. The molecule has 0 fully saturated rings. The van der Waals surface area contributed by atoms with E-state index in [0.717, 1.165) is 23.7 Å². The van der Waals surface area contributed by atoms with Crippen molar-refractivity contribution in [3.8, 4) is 0 Å². The fraction of sp³-hybridized carbons (Fsp3) is 0.167. The summed E-state index contributed by atoms with van der Waals surface area (Å²) in [5.41, 5.74) is 2.30. The maximum absolute atomic E-state index is 13.5. The van der Waals surface area contributed by atoms with Crippen LogP contribution >= 0.6 is 0 Å². The van der Waals surface area contributed by atoms with Gasteiger partial charge in [-0.05, 0) is 31.2 Å². The van der Waals surface area contributed by atoms with Crippen LogP contribution in [0.25, 0.3) is 11.0 Å². The molecule has 0 bridgehead atoms. The van der Waals surface area contributed by atoms with Crippen LogP contribution in [0, 0.1) is 18.6 Å². The minimum atomic E-state index is -1.57. The van der Waals surface area contributed by atoms with Gasteiger partial charge in [-0.3, -0.25) is 9.00 Å². The van der Waals surface area contributed by atoms with E-state index in [1.807, 2.05) is 18.2 Å². The van der Waals surface area contributed by atoms with Gasteiger partial charge < -0.3 is 5.32 Å². The number of fused-ring (bicyclic) bond motifs is 1. The highest BCUT2D eigenvalue weighted by molar-refractivity contribution is 7.84. The van der Waals surface area contributed by atoms with Crippen molar-refractivity contribution >= 4 is 33.4 Å². The van der Waals surface area contributed by atoms with E-state index in [1.54, 1.807) is 13.0 Å². The number of hydrogen-bond donors (Lipinski definition) is 1. The zero-order chi connectivity index (χ0) is 18.7. The SMILES string of the molecule is Cc1nc2ccccc2nc1CS(=O)CC(=O)Nc1cc(F)ccc1F. The molecule has 3 aromatic rings. The van der Waals surface area contributed by atoms with Gasteiger partial charge >= 0.3 is 0 Å². The largest absolute Gasteiger partial charge is 0.323 e. The molecule has 134 valence electrons. The van der Waals surface area contributed by atoms with Crippen LogP contribution in [0.5, 0.6) is 0 Å². The van der Waals surface area contributed by atoms with Gasteiger partial charge in [0.05, 0.1) is 33.9 Å². The minimum absolute atomic E-state index is 0.0444. The predicted molar refractivity (Wildman–Crippen MR) is 96.0 cm³/mol. The van der Waals surface area contributed by atoms with E-state index in [1.165, 1.54) is 0 Å². The van der Waals surface area contributed by atoms with Crippen molar-refractivity contribution in [2.75, 3.05) is 11.1 Å². The van der Waals surface area contributed by atoms with Gasteiger partial charge in [0.1, 0.15) is 17.4 Å². The molecular formula is C18H15F2N3O2S. The topological polar surface area (TPSA) is 72.0 Å². The molecule has 0 spiro atoms. The lowest BCUT2D eigenvalue weighted by Crippen LogP contribution is -2.21. The maximum atomic E-state index is 13.5. The first-order valence-electron chi connectivity index (χ1n) is 7.74. The van der Waals surface area contributed by atoms with Gasteiger partial charge in [-0.2, -0.15) is 0 Å². The zero-order valence-electron chi connectivity index (χ0n) is 13.8. The number of halogens is 2. The molecule has 2 aromatic carbocycles. The van der Waals surface area contributed by atoms with Gasteiger partial charge in [0.2, 0.25) is 5.91 Å². The van der Waals surface area contributed by atoms with Crippen molar-refractivity contribution in [1.82, 2.24) is 9.97 Å². The monoisotopic (exact) mass is 375 g/mol. The van der Waals surface area contributed by atoms with E-state index in [-0.39, 0.29) is 17.2 Å². The Hall–Kier alpha value is -2.74. The normalized spacial score (nSPS) is 12.1. The Morgan fingerprint density at radius 1 is 1.12 bits per heavy atom. The first kappa shape index (κ1) is 18.1. The van der Waals surface area contributed by atoms with Crippen LogP contribution in [0.4, 0.5) is 14.5 Å². The second-order valence-electron chi connectivity index (χ2n) is 5.65. The summed E-state index contributed by atoms with van der Waals surface area (Å²) in [4.78, 5) is 20.8.